The normalized spacial score (nSPS) is 22.5. The van der Waals surface area contributed by atoms with Gasteiger partial charge < -0.3 is 14.8 Å². The Morgan fingerprint density at radius 1 is 1.25 bits per heavy atom. The van der Waals surface area contributed by atoms with Crippen molar-refractivity contribution in [3.05, 3.63) is 0 Å². The van der Waals surface area contributed by atoms with Crippen molar-refractivity contribution in [2.24, 2.45) is 0 Å². The lowest BCUT2D eigenvalue weighted by molar-refractivity contribution is 0.0426. The first-order valence-corrected chi connectivity index (χ1v) is 6.33. The molecule has 4 nitrogen and oxygen atoms in total. The second-order valence-corrected chi connectivity index (χ2v) is 4.35. The van der Waals surface area contributed by atoms with Gasteiger partial charge in [0.05, 0.1) is 19.8 Å². The molecule has 0 saturated carbocycles. The minimum absolute atomic E-state index is 0.694. The number of rotatable bonds is 8. The van der Waals surface area contributed by atoms with Gasteiger partial charge in [0.15, 0.2) is 0 Å². The van der Waals surface area contributed by atoms with Crippen molar-refractivity contribution in [1.29, 1.82) is 0 Å². The highest BCUT2D eigenvalue weighted by atomic mass is 16.5. The molecule has 4 heteroatoms. The van der Waals surface area contributed by atoms with Gasteiger partial charge in [-0.1, -0.05) is 6.42 Å². The van der Waals surface area contributed by atoms with E-state index >= 15 is 0 Å². The van der Waals surface area contributed by atoms with Gasteiger partial charge in [0.2, 0.25) is 0 Å². The molecule has 16 heavy (non-hydrogen) atoms. The number of likely N-dealkylation sites (N-methyl/N-ethyl adjacent to an activating group) is 1. The zero-order chi connectivity index (χ0) is 11.6. The van der Waals surface area contributed by atoms with Crippen LogP contribution < -0.4 is 5.32 Å². The quantitative estimate of drug-likeness (QED) is 0.623. The number of nitrogens with one attached hydrogen (secondary N) is 1. The molecule has 96 valence electrons. The highest BCUT2D eigenvalue weighted by Gasteiger charge is 2.20. The predicted octanol–water partition coefficient (Wildman–Crippen LogP) is 0.723. The Bertz CT molecular complexity index is 165. The molecule has 0 aromatic rings. The predicted molar refractivity (Wildman–Crippen MR) is 65.8 cm³/mol. The minimum Gasteiger partial charge on any atom is -0.382 e. The van der Waals surface area contributed by atoms with Gasteiger partial charge in [0.1, 0.15) is 0 Å². The summed E-state index contributed by atoms with van der Waals surface area (Å²) in [5.41, 5.74) is 0. The highest BCUT2D eigenvalue weighted by Crippen LogP contribution is 2.15. The molecule has 1 fully saturated rings. The molecule has 1 N–H and O–H groups in total. The third-order valence-corrected chi connectivity index (χ3v) is 3.14. The molecule has 1 aliphatic rings. The number of nitrogens with zero attached hydrogens (tertiary/aromatic N) is 1. The molecule has 1 aliphatic heterocycles. The molecule has 0 bridgehead atoms. The van der Waals surface area contributed by atoms with Gasteiger partial charge in [0, 0.05) is 26.2 Å². The average Bonchev–Trinajstić information content (AvgIpc) is 2.31. The highest BCUT2D eigenvalue weighted by molar-refractivity contribution is 4.77. The topological polar surface area (TPSA) is 33.7 Å². The van der Waals surface area contributed by atoms with Crippen LogP contribution in [0.4, 0.5) is 0 Å². The second-order valence-electron chi connectivity index (χ2n) is 4.35. The van der Waals surface area contributed by atoms with Crippen LogP contribution in [-0.4, -0.2) is 64.6 Å². The van der Waals surface area contributed by atoms with Crippen LogP contribution in [0.2, 0.25) is 0 Å². The number of hydrogen-bond donors (Lipinski definition) is 1. The molecule has 0 spiro atoms. The van der Waals surface area contributed by atoms with Gasteiger partial charge in [-0.2, -0.15) is 0 Å². The maximum atomic E-state index is 5.52. The first-order valence-electron chi connectivity index (χ1n) is 6.33. The zero-order valence-corrected chi connectivity index (χ0v) is 10.7. The van der Waals surface area contributed by atoms with Crippen molar-refractivity contribution in [3.63, 3.8) is 0 Å². The SMILES string of the molecule is CNCC1CCCCN1CCOCCOC. The molecule has 0 amide bonds. The first-order chi connectivity index (χ1) is 7.88. The van der Waals surface area contributed by atoms with E-state index in [2.05, 4.69) is 10.2 Å². The fourth-order valence-electron chi connectivity index (χ4n) is 2.25. The number of methoxy groups -OCH3 is 1. The lowest BCUT2D eigenvalue weighted by atomic mass is 10.0. The van der Waals surface area contributed by atoms with Crippen molar-refractivity contribution < 1.29 is 9.47 Å². The average molecular weight is 230 g/mol. The molecule has 1 atom stereocenters. The van der Waals surface area contributed by atoms with E-state index in [1.807, 2.05) is 7.05 Å². The second kappa shape index (κ2) is 8.93. The number of piperidine rings is 1. The van der Waals surface area contributed by atoms with Gasteiger partial charge in [-0.05, 0) is 26.4 Å². The van der Waals surface area contributed by atoms with Crippen LogP contribution >= 0.6 is 0 Å². The van der Waals surface area contributed by atoms with Crippen molar-refractivity contribution in [2.75, 3.05) is 53.6 Å². The molecule has 0 aromatic carbocycles. The fraction of sp³-hybridized carbons (Fsp3) is 1.00. The Labute approximate surface area is 99.3 Å². The molecule has 1 unspecified atom stereocenters. The Kier molecular flexibility index (Phi) is 7.76. The monoisotopic (exact) mass is 230 g/mol. The van der Waals surface area contributed by atoms with Gasteiger partial charge in [-0.15, -0.1) is 0 Å². The van der Waals surface area contributed by atoms with E-state index in [1.54, 1.807) is 7.11 Å². The van der Waals surface area contributed by atoms with Crippen LogP contribution in [0, 0.1) is 0 Å². The van der Waals surface area contributed by atoms with Crippen LogP contribution in [0.1, 0.15) is 19.3 Å². The summed E-state index contributed by atoms with van der Waals surface area (Å²) in [6, 6.07) is 0.699. The largest absolute Gasteiger partial charge is 0.382 e. The molecular weight excluding hydrogens is 204 g/mol. The van der Waals surface area contributed by atoms with Gasteiger partial charge in [0.25, 0.3) is 0 Å². The summed E-state index contributed by atoms with van der Waals surface area (Å²) in [5.74, 6) is 0. The van der Waals surface area contributed by atoms with E-state index in [0.717, 1.165) is 19.7 Å². The maximum Gasteiger partial charge on any atom is 0.0700 e. The van der Waals surface area contributed by atoms with Crippen molar-refractivity contribution in [1.82, 2.24) is 10.2 Å². The zero-order valence-electron chi connectivity index (χ0n) is 10.7. The summed E-state index contributed by atoms with van der Waals surface area (Å²) in [7, 11) is 3.73. The fourth-order valence-corrected chi connectivity index (χ4v) is 2.25. The molecular formula is C12H26N2O2. The van der Waals surface area contributed by atoms with Crippen molar-refractivity contribution in [3.8, 4) is 0 Å². The van der Waals surface area contributed by atoms with Crippen LogP contribution in [0.25, 0.3) is 0 Å². The van der Waals surface area contributed by atoms with E-state index in [4.69, 9.17) is 9.47 Å². The van der Waals surface area contributed by atoms with Crippen LogP contribution in [0.15, 0.2) is 0 Å². The number of ether oxygens (including phenoxy) is 2. The standard InChI is InChI=1S/C12H26N2O2/c1-13-11-12-5-3-4-6-14(12)7-8-16-10-9-15-2/h12-13H,3-11H2,1-2H3. The third-order valence-electron chi connectivity index (χ3n) is 3.14. The van der Waals surface area contributed by atoms with Crippen molar-refractivity contribution in [2.45, 2.75) is 25.3 Å². The molecule has 0 radical (unpaired) electrons. The van der Waals surface area contributed by atoms with Gasteiger partial charge in [-0.3, -0.25) is 4.90 Å². The molecule has 1 heterocycles. The van der Waals surface area contributed by atoms with E-state index in [0.29, 0.717) is 19.3 Å². The van der Waals surface area contributed by atoms with Crippen LogP contribution in [0.5, 0.6) is 0 Å². The Morgan fingerprint density at radius 3 is 2.88 bits per heavy atom. The Morgan fingerprint density at radius 2 is 2.12 bits per heavy atom. The molecule has 1 rings (SSSR count). The minimum atomic E-state index is 0.694. The van der Waals surface area contributed by atoms with Crippen molar-refractivity contribution >= 4 is 0 Å². The van der Waals surface area contributed by atoms with E-state index in [-0.39, 0.29) is 0 Å². The summed E-state index contributed by atoms with van der Waals surface area (Å²) in [6.07, 6.45) is 4.02. The molecule has 0 aromatic heterocycles. The van der Waals surface area contributed by atoms with Crippen LogP contribution in [-0.2, 0) is 9.47 Å². The first kappa shape index (κ1) is 13.9. The lowest BCUT2D eigenvalue weighted by Crippen LogP contribution is -2.46. The van der Waals surface area contributed by atoms with Gasteiger partial charge in [-0.25, -0.2) is 0 Å². The maximum absolute atomic E-state index is 5.52. The summed E-state index contributed by atoms with van der Waals surface area (Å²) in [4.78, 5) is 2.55. The van der Waals surface area contributed by atoms with E-state index < -0.39 is 0 Å². The Hall–Kier alpha value is -0.160. The van der Waals surface area contributed by atoms with Crippen LogP contribution in [0.3, 0.4) is 0 Å². The van der Waals surface area contributed by atoms with Gasteiger partial charge >= 0.3 is 0 Å². The summed E-state index contributed by atoms with van der Waals surface area (Å²) in [6.45, 7) is 5.60. The summed E-state index contributed by atoms with van der Waals surface area (Å²) >= 11 is 0. The number of hydrogen-bond acceptors (Lipinski definition) is 4. The molecule has 1 saturated heterocycles. The Balaban J connectivity index is 2.11. The van der Waals surface area contributed by atoms with E-state index in [1.165, 1.54) is 25.8 Å². The third kappa shape index (κ3) is 5.25. The lowest BCUT2D eigenvalue weighted by Gasteiger charge is -2.35. The number of likely N-dealkylation sites (tertiary alicyclic amines) is 1. The summed E-state index contributed by atoms with van der Waals surface area (Å²) in [5, 5.41) is 3.28. The summed E-state index contributed by atoms with van der Waals surface area (Å²) < 4.78 is 10.5. The molecule has 0 aliphatic carbocycles. The smallest absolute Gasteiger partial charge is 0.0700 e. The van der Waals surface area contributed by atoms with E-state index in [9.17, 15) is 0 Å².